The molecule has 1 heterocycles. The Balaban J connectivity index is 2.25. The highest BCUT2D eigenvalue weighted by molar-refractivity contribution is 5.27. The third-order valence-corrected chi connectivity index (χ3v) is 2.41. The molecule has 0 saturated heterocycles. The van der Waals surface area contributed by atoms with E-state index < -0.39 is 0 Å². The van der Waals surface area contributed by atoms with Crippen LogP contribution in [0.4, 0.5) is 0 Å². The fraction of sp³-hybridized carbons (Fsp3) is 0.625. The van der Waals surface area contributed by atoms with Gasteiger partial charge in [-0.1, -0.05) is 0 Å². The van der Waals surface area contributed by atoms with Crippen molar-refractivity contribution >= 4 is 0 Å². The maximum Gasteiger partial charge on any atom is 0.0808 e. The van der Waals surface area contributed by atoms with Crippen molar-refractivity contribution in [3.8, 4) is 0 Å². The van der Waals surface area contributed by atoms with Crippen LogP contribution in [0.25, 0.3) is 0 Å². The quantitative estimate of drug-likeness (QED) is 0.436. The standard InChI is InChI=1S/C8H14N4/c9-10-5-8-6-3-1-2-4-7(6)11-12-8/h10H,1-5,9H2,(H,11,12). The molecule has 0 atom stereocenters. The Kier molecular flexibility index (Phi) is 2.10. The zero-order valence-electron chi connectivity index (χ0n) is 7.06. The molecule has 4 N–H and O–H groups in total. The summed E-state index contributed by atoms with van der Waals surface area (Å²) in [5, 5.41) is 7.29. The van der Waals surface area contributed by atoms with Gasteiger partial charge in [0.15, 0.2) is 0 Å². The van der Waals surface area contributed by atoms with Crippen LogP contribution in [-0.4, -0.2) is 10.2 Å². The molecular weight excluding hydrogens is 152 g/mol. The first-order chi connectivity index (χ1) is 5.92. The Morgan fingerprint density at radius 2 is 2.25 bits per heavy atom. The number of hydrazine groups is 1. The van der Waals surface area contributed by atoms with Gasteiger partial charge in [0.05, 0.1) is 12.2 Å². The van der Waals surface area contributed by atoms with Crippen LogP contribution in [0.5, 0.6) is 0 Å². The first-order valence-corrected chi connectivity index (χ1v) is 4.40. The second-order valence-corrected chi connectivity index (χ2v) is 3.22. The van der Waals surface area contributed by atoms with Gasteiger partial charge in [-0.3, -0.25) is 16.4 Å². The lowest BCUT2D eigenvalue weighted by molar-refractivity contribution is 0.664. The Bertz CT molecular complexity index is 266. The van der Waals surface area contributed by atoms with E-state index in [4.69, 9.17) is 5.84 Å². The highest BCUT2D eigenvalue weighted by atomic mass is 15.2. The molecule has 1 aliphatic carbocycles. The smallest absolute Gasteiger partial charge is 0.0808 e. The van der Waals surface area contributed by atoms with E-state index in [-0.39, 0.29) is 0 Å². The van der Waals surface area contributed by atoms with Crippen LogP contribution in [-0.2, 0) is 19.4 Å². The van der Waals surface area contributed by atoms with E-state index in [0.717, 1.165) is 18.5 Å². The zero-order valence-corrected chi connectivity index (χ0v) is 7.06. The number of aromatic nitrogens is 2. The number of nitrogens with two attached hydrogens (primary N) is 1. The van der Waals surface area contributed by atoms with Gasteiger partial charge >= 0.3 is 0 Å². The first-order valence-electron chi connectivity index (χ1n) is 4.40. The molecule has 0 amide bonds. The summed E-state index contributed by atoms with van der Waals surface area (Å²) in [5.74, 6) is 5.25. The topological polar surface area (TPSA) is 66.7 Å². The Morgan fingerprint density at radius 1 is 1.42 bits per heavy atom. The number of aryl methyl sites for hydroxylation is 1. The van der Waals surface area contributed by atoms with Gasteiger partial charge in [0.25, 0.3) is 0 Å². The van der Waals surface area contributed by atoms with E-state index in [1.165, 1.54) is 24.1 Å². The molecule has 0 fully saturated rings. The summed E-state index contributed by atoms with van der Waals surface area (Å²) in [6.45, 7) is 0.672. The number of nitrogens with one attached hydrogen (secondary N) is 2. The average Bonchev–Trinajstić information content (AvgIpc) is 2.50. The van der Waals surface area contributed by atoms with Crippen LogP contribution in [0.2, 0.25) is 0 Å². The van der Waals surface area contributed by atoms with Gasteiger partial charge in [-0.2, -0.15) is 5.10 Å². The molecule has 0 bridgehead atoms. The summed E-state index contributed by atoms with van der Waals surface area (Å²) < 4.78 is 0. The lowest BCUT2D eigenvalue weighted by Gasteiger charge is -2.10. The van der Waals surface area contributed by atoms with Gasteiger partial charge in [0.1, 0.15) is 0 Å². The van der Waals surface area contributed by atoms with Crippen molar-refractivity contribution in [1.29, 1.82) is 0 Å². The minimum absolute atomic E-state index is 0.672. The molecule has 0 aliphatic heterocycles. The van der Waals surface area contributed by atoms with Gasteiger partial charge in [0.2, 0.25) is 0 Å². The molecule has 1 aromatic rings. The second-order valence-electron chi connectivity index (χ2n) is 3.22. The van der Waals surface area contributed by atoms with Crippen LogP contribution < -0.4 is 11.3 Å². The monoisotopic (exact) mass is 166 g/mol. The van der Waals surface area contributed by atoms with Crippen LogP contribution >= 0.6 is 0 Å². The molecule has 0 spiro atoms. The summed E-state index contributed by atoms with van der Waals surface area (Å²) in [4.78, 5) is 0. The van der Waals surface area contributed by atoms with E-state index in [1.54, 1.807) is 0 Å². The molecule has 0 saturated carbocycles. The summed E-state index contributed by atoms with van der Waals surface area (Å²) in [5.41, 5.74) is 6.43. The lowest BCUT2D eigenvalue weighted by atomic mass is 9.96. The minimum atomic E-state index is 0.672. The zero-order chi connectivity index (χ0) is 8.39. The van der Waals surface area contributed by atoms with Crippen molar-refractivity contribution in [1.82, 2.24) is 15.6 Å². The highest BCUT2D eigenvalue weighted by Crippen LogP contribution is 2.21. The van der Waals surface area contributed by atoms with Gasteiger partial charge < -0.3 is 0 Å². The number of rotatable bonds is 2. The molecule has 1 aromatic heterocycles. The molecule has 12 heavy (non-hydrogen) atoms. The number of hydrogen-bond acceptors (Lipinski definition) is 3. The van der Waals surface area contributed by atoms with Crippen molar-refractivity contribution in [2.24, 2.45) is 5.84 Å². The molecule has 66 valence electrons. The molecule has 0 aromatic carbocycles. The molecule has 1 aliphatic rings. The molecule has 4 nitrogen and oxygen atoms in total. The molecule has 2 rings (SSSR count). The number of nitrogens with zero attached hydrogens (tertiary/aromatic N) is 1. The summed E-state index contributed by atoms with van der Waals surface area (Å²) in [7, 11) is 0. The second kappa shape index (κ2) is 3.25. The number of hydrogen-bond donors (Lipinski definition) is 3. The lowest BCUT2D eigenvalue weighted by Crippen LogP contribution is -2.22. The van der Waals surface area contributed by atoms with Gasteiger partial charge in [0, 0.05) is 5.69 Å². The summed E-state index contributed by atoms with van der Waals surface area (Å²) in [6.07, 6.45) is 4.87. The maximum atomic E-state index is 5.25. The third kappa shape index (κ3) is 1.23. The predicted molar refractivity (Wildman–Crippen MR) is 46.3 cm³/mol. The van der Waals surface area contributed by atoms with E-state index in [9.17, 15) is 0 Å². The van der Waals surface area contributed by atoms with Crippen LogP contribution in [0.15, 0.2) is 0 Å². The summed E-state index contributed by atoms with van der Waals surface area (Å²) in [6, 6.07) is 0. The number of aromatic amines is 1. The van der Waals surface area contributed by atoms with Gasteiger partial charge in [-0.15, -0.1) is 0 Å². The number of fused-ring (bicyclic) bond motifs is 1. The van der Waals surface area contributed by atoms with Crippen molar-refractivity contribution in [3.63, 3.8) is 0 Å². The highest BCUT2D eigenvalue weighted by Gasteiger charge is 2.15. The largest absolute Gasteiger partial charge is 0.282 e. The predicted octanol–water partition coefficient (Wildman–Crippen LogP) is 0.252. The third-order valence-electron chi connectivity index (χ3n) is 2.41. The van der Waals surface area contributed by atoms with Gasteiger partial charge in [-0.25, -0.2) is 0 Å². The van der Waals surface area contributed by atoms with Crippen molar-refractivity contribution in [3.05, 3.63) is 17.0 Å². The van der Waals surface area contributed by atoms with E-state index >= 15 is 0 Å². The Morgan fingerprint density at radius 3 is 3.08 bits per heavy atom. The van der Waals surface area contributed by atoms with E-state index in [0.29, 0.717) is 6.54 Å². The van der Waals surface area contributed by atoms with Crippen molar-refractivity contribution in [2.45, 2.75) is 32.2 Å². The van der Waals surface area contributed by atoms with Crippen LogP contribution in [0, 0.1) is 0 Å². The SMILES string of the molecule is NNCc1n[nH]c2c1CCCC2. The molecular formula is C8H14N4. The van der Waals surface area contributed by atoms with Crippen LogP contribution in [0.3, 0.4) is 0 Å². The fourth-order valence-corrected chi connectivity index (χ4v) is 1.79. The first kappa shape index (κ1) is 7.76. The molecule has 0 unspecified atom stereocenters. The average molecular weight is 166 g/mol. The number of H-pyrrole nitrogens is 1. The summed E-state index contributed by atoms with van der Waals surface area (Å²) >= 11 is 0. The molecule has 4 heteroatoms. The fourth-order valence-electron chi connectivity index (χ4n) is 1.79. The normalized spacial score (nSPS) is 16.1. The Hall–Kier alpha value is -0.870. The maximum absolute atomic E-state index is 5.25. The van der Waals surface area contributed by atoms with E-state index in [1.807, 2.05) is 0 Å². The van der Waals surface area contributed by atoms with Gasteiger partial charge in [-0.05, 0) is 31.2 Å². The van der Waals surface area contributed by atoms with Crippen molar-refractivity contribution < 1.29 is 0 Å². The molecule has 0 radical (unpaired) electrons. The Labute approximate surface area is 71.5 Å². The minimum Gasteiger partial charge on any atom is -0.282 e. The van der Waals surface area contributed by atoms with Crippen LogP contribution in [0.1, 0.15) is 29.8 Å². The van der Waals surface area contributed by atoms with Crippen molar-refractivity contribution in [2.75, 3.05) is 0 Å². The van der Waals surface area contributed by atoms with E-state index in [2.05, 4.69) is 15.6 Å².